The third kappa shape index (κ3) is 4.90. The van der Waals surface area contributed by atoms with Crippen molar-refractivity contribution in [1.82, 2.24) is 0 Å². The molecule has 0 bridgehead atoms. The lowest BCUT2D eigenvalue weighted by atomic mass is 10.0. The van der Waals surface area contributed by atoms with E-state index >= 15 is 0 Å². The maximum absolute atomic E-state index is 12.3. The molecule has 0 amide bonds. The van der Waals surface area contributed by atoms with Crippen molar-refractivity contribution in [1.29, 1.82) is 0 Å². The fourth-order valence-electron chi connectivity index (χ4n) is 2.58. The molecule has 2 aromatic rings. The highest BCUT2D eigenvalue weighted by molar-refractivity contribution is 7.86. The monoisotopic (exact) mass is 348 g/mol. The molecule has 0 atom stereocenters. The van der Waals surface area contributed by atoms with Gasteiger partial charge in [0.25, 0.3) is 10.1 Å². The summed E-state index contributed by atoms with van der Waals surface area (Å²) in [5.41, 5.74) is 3.89. The molecule has 0 unspecified atom stereocenters. The largest absolute Gasteiger partial charge is 0.377 e. The minimum atomic E-state index is -3.73. The van der Waals surface area contributed by atoms with Gasteiger partial charge in [-0.2, -0.15) is 8.42 Å². The molecule has 24 heavy (non-hydrogen) atoms. The van der Waals surface area contributed by atoms with Gasteiger partial charge in [-0.3, -0.25) is 4.18 Å². The van der Waals surface area contributed by atoms with E-state index in [1.165, 1.54) is 0 Å². The van der Waals surface area contributed by atoms with E-state index in [-0.39, 0.29) is 11.5 Å². The second-order valence-electron chi connectivity index (χ2n) is 5.61. The van der Waals surface area contributed by atoms with Crippen LogP contribution in [0.25, 0.3) is 0 Å². The number of ether oxygens (including phenoxy) is 1. The summed E-state index contributed by atoms with van der Waals surface area (Å²) in [4.78, 5) is 0.241. The molecule has 2 rings (SSSR count). The molecule has 130 valence electrons. The van der Waals surface area contributed by atoms with Gasteiger partial charge in [-0.25, -0.2) is 0 Å². The summed E-state index contributed by atoms with van der Waals surface area (Å²) in [6.07, 6.45) is 0.531. The van der Waals surface area contributed by atoms with Crippen molar-refractivity contribution in [2.24, 2.45) is 0 Å². The topological polar surface area (TPSA) is 52.6 Å². The van der Waals surface area contributed by atoms with Gasteiger partial charge in [0.1, 0.15) is 0 Å². The van der Waals surface area contributed by atoms with Crippen LogP contribution in [-0.2, 0) is 32.1 Å². The zero-order valence-corrected chi connectivity index (χ0v) is 15.2. The fraction of sp³-hybridized carbons (Fsp3) is 0.368. The van der Waals surface area contributed by atoms with Gasteiger partial charge in [-0.05, 0) is 49.9 Å². The lowest BCUT2D eigenvalue weighted by Gasteiger charge is -2.12. The van der Waals surface area contributed by atoms with Crippen LogP contribution in [0.15, 0.2) is 47.4 Å². The quantitative estimate of drug-likeness (QED) is 0.680. The Kier molecular flexibility index (Phi) is 6.54. The van der Waals surface area contributed by atoms with Gasteiger partial charge in [-0.15, -0.1) is 0 Å². The summed E-state index contributed by atoms with van der Waals surface area (Å²) < 4.78 is 35.0. The second-order valence-corrected chi connectivity index (χ2v) is 7.19. The molecule has 0 aromatic heterocycles. The van der Waals surface area contributed by atoms with Crippen LogP contribution >= 0.6 is 0 Å². The fourth-order valence-corrected chi connectivity index (χ4v) is 3.70. The first-order valence-corrected chi connectivity index (χ1v) is 9.51. The number of aryl methyl sites for hydroxylation is 1. The standard InChI is InChI=1S/C19H24O4S/c1-4-22-14-17-8-6-7-16(12-17)13-18-11-15(3)9-10-19(18)24(20,21)23-5-2/h6-12H,4-5,13-14H2,1-3H3. The minimum absolute atomic E-state index is 0.124. The lowest BCUT2D eigenvalue weighted by molar-refractivity contribution is 0.134. The number of rotatable bonds is 8. The van der Waals surface area contributed by atoms with Crippen molar-refractivity contribution in [3.63, 3.8) is 0 Å². The number of hydrogen-bond acceptors (Lipinski definition) is 4. The highest BCUT2D eigenvalue weighted by Gasteiger charge is 2.19. The molecule has 0 saturated carbocycles. The third-order valence-electron chi connectivity index (χ3n) is 3.62. The summed E-state index contributed by atoms with van der Waals surface area (Å²) in [6, 6.07) is 13.3. The Morgan fingerprint density at radius 1 is 0.958 bits per heavy atom. The van der Waals surface area contributed by atoms with Gasteiger partial charge < -0.3 is 4.74 Å². The van der Waals surface area contributed by atoms with Crippen LogP contribution in [0, 0.1) is 6.92 Å². The summed E-state index contributed by atoms with van der Waals surface area (Å²) in [5.74, 6) is 0. The van der Waals surface area contributed by atoms with E-state index in [9.17, 15) is 8.42 Å². The molecule has 5 heteroatoms. The molecule has 0 N–H and O–H groups in total. The molecule has 0 radical (unpaired) electrons. The number of hydrogen-bond donors (Lipinski definition) is 0. The Balaban J connectivity index is 2.34. The van der Waals surface area contributed by atoms with Crippen LogP contribution in [0.2, 0.25) is 0 Å². The van der Waals surface area contributed by atoms with Crippen molar-refractivity contribution in [3.8, 4) is 0 Å². The molecule has 4 nitrogen and oxygen atoms in total. The molecule has 0 saturated heterocycles. The first-order valence-electron chi connectivity index (χ1n) is 8.10. The highest BCUT2D eigenvalue weighted by Crippen LogP contribution is 2.23. The van der Waals surface area contributed by atoms with E-state index in [1.54, 1.807) is 19.1 Å². The predicted molar refractivity (Wildman–Crippen MR) is 94.6 cm³/mol. The van der Waals surface area contributed by atoms with Crippen molar-refractivity contribution in [3.05, 3.63) is 64.7 Å². The summed E-state index contributed by atoms with van der Waals surface area (Å²) in [6.45, 7) is 6.93. The van der Waals surface area contributed by atoms with Crippen LogP contribution in [0.3, 0.4) is 0 Å². The van der Waals surface area contributed by atoms with E-state index in [0.29, 0.717) is 19.6 Å². The third-order valence-corrected chi connectivity index (χ3v) is 5.10. The van der Waals surface area contributed by atoms with Crippen LogP contribution < -0.4 is 0 Å². The highest BCUT2D eigenvalue weighted by atomic mass is 32.2. The van der Waals surface area contributed by atoms with Crippen LogP contribution in [-0.4, -0.2) is 21.6 Å². The summed E-state index contributed by atoms with van der Waals surface area (Å²) in [5, 5.41) is 0. The van der Waals surface area contributed by atoms with E-state index in [0.717, 1.165) is 22.3 Å². The van der Waals surface area contributed by atoms with E-state index in [1.807, 2.05) is 38.1 Å². The Bertz CT molecular complexity index is 782. The van der Waals surface area contributed by atoms with Crippen molar-refractivity contribution >= 4 is 10.1 Å². The zero-order valence-electron chi connectivity index (χ0n) is 14.4. The van der Waals surface area contributed by atoms with Crippen molar-refractivity contribution in [2.75, 3.05) is 13.2 Å². The lowest BCUT2D eigenvalue weighted by Crippen LogP contribution is -2.09. The maximum atomic E-state index is 12.3. The van der Waals surface area contributed by atoms with Gasteiger partial charge >= 0.3 is 0 Å². The molecule has 0 aliphatic carbocycles. The first kappa shape index (κ1) is 18.6. The van der Waals surface area contributed by atoms with Gasteiger partial charge in [0.15, 0.2) is 0 Å². The molecule has 0 spiro atoms. The van der Waals surface area contributed by atoms with Gasteiger partial charge in [0, 0.05) is 6.61 Å². The van der Waals surface area contributed by atoms with Crippen molar-refractivity contribution in [2.45, 2.75) is 38.7 Å². The summed E-state index contributed by atoms with van der Waals surface area (Å²) >= 11 is 0. The van der Waals surface area contributed by atoms with E-state index in [4.69, 9.17) is 8.92 Å². The Labute approximate surface area is 144 Å². The van der Waals surface area contributed by atoms with Gasteiger partial charge in [-0.1, -0.05) is 42.0 Å². The molecule has 0 aliphatic heterocycles. The Morgan fingerprint density at radius 2 is 1.71 bits per heavy atom. The molecule has 2 aromatic carbocycles. The maximum Gasteiger partial charge on any atom is 0.297 e. The minimum Gasteiger partial charge on any atom is -0.377 e. The average molecular weight is 348 g/mol. The molecular formula is C19H24O4S. The van der Waals surface area contributed by atoms with Crippen LogP contribution in [0.5, 0.6) is 0 Å². The predicted octanol–water partition coefficient (Wildman–Crippen LogP) is 3.85. The SMILES string of the molecule is CCOCc1cccc(Cc2cc(C)ccc2S(=O)(=O)OCC)c1. The molecule has 0 heterocycles. The normalized spacial score (nSPS) is 11.6. The first-order chi connectivity index (χ1) is 11.5. The second kappa shape index (κ2) is 8.42. The van der Waals surface area contributed by atoms with E-state index in [2.05, 4.69) is 6.07 Å². The Morgan fingerprint density at radius 3 is 2.42 bits per heavy atom. The van der Waals surface area contributed by atoms with Crippen LogP contribution in [0.1, 0.15) is 36.1 Å². The molecule has 0 fully saturated rings. The zero-order chi connectivity index (χ0) is 17.6. The number of benzene rings is 2. The van der Waals surface area contributed by atoms with Crippen molar-refractivity contribution < 1.29 is 17.3 Å². The Hall–Kier alpha value is -1.69. The summed E-state index contributed by atoms with van der Waals surface area (Å²) in [7, 11) is -3.73. The van der Waals surface area contributed by atoms with Gasteiger partial charge in [0.2, 0.25) is 0 Å². The van der Waals surface area contributed by atoms with Crippen LogP contribution in [0.4, 0.5) is 0 Å². The molecule has 0 aliphatic rings. The average Bonchev–Trinajstić information content (AvgIpc) is 2.53. The molecular weight excluding hydrogens is 324 g/mol. The smallest absolute Gasteiger partial charge is 0.297 e. The van der Waals surface area contributed by atoms with Gasteiger partial charge in [0.05, 0.1) is 18.1 Å². The van der Waals surface area contributed by atoms with E-state index < -0.39 is 10.1 Å².